The highest BCUT2D eigenvalue weighted by atomic mass is 32.1. The Labute approximate surface area is 109 Å². The third kappa shape index (κ3) is 5.17. The van der Waals surface area contributed by atoms with Gasteiger partial charge in [-0.2, -0.15) is 0 Å². The third-order valence-electron chi connectivity index (χ3n) is 2.21. The monoisotopic (exact) mass is 258 g/mol. The van der Waals surface area contributed by atoms with Gasteiger partial charge in [0.25, 0.3) is 0 Å². The van der Waals surface area contributed by atoms with Gasteiger partial charge < -0.3 is 10.5 Å². The molecule has 1 heterocycles. The fourth-order valence-electron chi connectivity index (χ4n) is 1.60. The molecule has 0 spiro atoms. The van der Waals surface area contributed by atoms with Gasteiger partial charge in [-0.1, -0.05) is 12.2 Å². The van der Waals surface area contributed by atoms with E-state index in [-0.39, 0.29) is 12.1 Å². The van der Waals surface area contributed by atoms with Gasteiger partial charge in [0.15, 0.2) is 0 Å². The molecule has 0 saturated carbocycles. The first kappa shape index (κ1) is 15.9. The molecule has 1 unspecified atom stereocenters. The Hall–Kier alpha value is -1.10. The zero-order valence-corrected chi connectivity index (χ0v) is 11.7. The summed E-state index contributed by atoms with van der Waals surface area (Å²) >= 11 is 4.92. The summed E-state index contributed by atoms with van der Waals surface area (Å²) in [6, 6.07) is -0.130. The Morgan fingerprint density at radius 1 is 1.47 bits per heavy atom. The first-order chi connectivity index (χ1) is 7.81. The van der Waals surface area contributed by atoms with E-state index >= 15 is 0 Å². The van der Waals surface area contributed by atoms with Crippen molar-refractivity contribution in [2.45, 2.75) is 45.3 Å². The van der Waals surface area contributed by atoms with E-state index in [4.69, 9.17) is 22.7 Å². The predicted molar refractivity (Wildman–Crippen MR) is 74.0 cm³/mol. The second-order valence-electron chi connectivity index (χ2n) is 4.73. The number of thiocarbonyl (C=S) groups is 1. The van der Waals surface area contributed by atoms with Gasteiger partial charge in [-0.15, -0.1) is 13.2 Å². The molecule has 5 heteroatoms. The summed E-state index contributed by atoms with van der Waals surface area (Å²) in [4.78, 5) is 13.8. The van der Waals surface area contributed by atoms with Crippen LogP contribution < -0.4 is 5.73 Å². The third-order valence-corrected chi connectivity index (χ3v) is 2.48. The first-order valence-electron chi connectivity index (χ1n) is 5.60. The number of amides is 1. The summed E-state index contributed by atoms with van der Waals surface area (Å²) in [7, 11) is 0. The number of carbonyl (C=O) groups is 1. The number of likely N-dealkylation sites (tertiary alicyclic amines) is 1. The molecular formula is C12H22N2O2S. The van der Waals surface area contributed by atoms with Crippen molar-refractivity contribution in [1.82, 2.24) is 4.90 Å². The lowest BCUT2D eigenvalue weighted by Crippen LogP contribution is -2.45. The Balaban J connectivity index is 0.00000121. The van der Waals surface area contributed by atoms with E-state index in [1.165, 1.54) is 0 Å². The van der Waals surface area contributed by atoms with Crippen LogP contribution in [0.5, 0.6) is 0 Å². The van der Waals surface area contributed by atoms with Crippen molar-refractivity contribution in [2.24, 2.45) is 5.73 Å². The molecule has 0 bridgehead atoms. The molecule has 1 saturated heterocycles. The van der Waals surface area contributed by atoms with Crippen molar-refractivity contribution in [3.63, 3.8) is 0 Å². The lowest BCUT2D eigenvalue weighted by molar-refractivity contribution is 0.0266. The van der Waals surface area contributed by atoms with Gasteiger partial charge >= 0.3 is 6.09 Å². The van der Waals surface area contributed by atoms with Gasteiger partial charge in [0.05, 0.1) is 11.0 Å². The summed E-state index contributed by atoms with van der Waals surface area (Å²) in [6.07, 6.45) is 1.45. The van der Waals surface area contributed by atoms with E-state index in [9.17, 15) is 4.79 Å². The number of hydrogen-bond acceptors (Lipinski definition) is 3. The Kier molecular flexibility index (Phi) is 6.16. The van der Waals surface area contributed by atoms with Crippen molar-refractivity contribution in [2.75, 3.05) is 6.54 Å². The van der Waals surface area contributed by atoms with Gasteiger partial charge in [0, 0.05) is 6.54 Å². The van der Waals surface area contributed by atoms with Gasteiger partial charge in [-0.05, 0) is 33.6 Å². The lowest BCUT2D eigenvalue weighted by atomic mass is 10.2. The lowest BCUT2D eigenvalue weighted by Gasteiger charge is -2.27. The van der Waals surface area contributed by atoms with Crippen LogP contribution in [0.1, 0.15) is 33.6 Å². The number of hydrogen-bond donors (Lipinski definition) is 1. The van der Waals surface area contributed by atoms with Crippen molar-refractivity contribution < 1.29 is 9.53 Å². The number of nitrogens with two attached hydrogens (primary N) is 1. The molecule has 1 fully saturated rings. The summed E-state index contributed by atoms with van der Waals surface area (Å²) in [5, 5.41) is 0. The minimum absolute atomic E-state index is 0.130. The van der Waals surface area contributed by atoms with Crippen molar-refractivity contribution in [3.8, 4) is 0 Å². The number of carbonyl (C=O) groups excluding carboxylic acids is 1. The van der Waals surface area contributed by atoms with Gasteiger partial charge in [-0.25, -0.2) is 4.79 Å². The van der Waals surface area contributed by atoms with Crippen LogP contribution in [0.3, 0.4) is 0 Å². The second kappa shape index (κ2) is 6.59. The maximum atomic E-state index is 11.8. The normalized spacial score (nSPS) is 19.2. The summed E-state index contributed by atoms with van der Waals surface area (Å²) in [6.45, 7) is 12.2. The number of rotatable bonds is 1. The van der Waals surface area contributed by atoms with E-state index in [1.54, 1.807) is 4.90 Å². The molecule has 1 amide bonds. The van der Waals surface area contributed by atoms with E-state index in [1.807, 2.05) is 20.8 Å². The summed E-state index contributed by atoms with van der Waals surface area (Å²) in [5.74, 6) is 0. The van der Waals surface area contributed by atoms with Crippen LogP contribution in [0.4, 0.5) is 4.79 Å². The Bertz CT molecular complexity index is 287. The first-order valence-corrected chi connectivity index (χ1v) is 6.01. The molecule has 2 N–H and O–H groups in total. The molecular weight excluding hydrogens is 236 g/mol. The van der Waals surface area contributed by atoms with Crippen LogP contribution in [-0.4, -0.2) is 34.2 Å². The summed E-state index contributed by atoms with van der Waals surface area (Å²) in [5.41, 5.74) is 5.10. The van der Waals surface area contributed by atoms with Crippen LogP contribution in [0.2, 0.25) is 0 Å². The Morgan fingerprint density at radius 3 is 2.41 bits per heavy atom. The molecule has 1 atom stereocenters. The highest BCUT2D eigenvalue weighted by molar-refractivity contribution is 7.80. The molecule has 4 nitrogen and oxygen atoms in total. The van der Waals surface area contributed by atoms with E-state index < -0.39 is 5.60 Å². The maximum Gasteiger partial charge on any atom is 0.410 e. The topological polar surface area (TPSA) is 55.6 Å². The molecule has 0 aromatic rings. The predicted octanol–water partition coefficient (Wildman–Crippen LogP) is 2.47. The molecule has 0 aromatic carbocycles. The molecule has 0 aliphatic carbocycles. The van der Waals surface area contributed by atoms with Crippen molar-refractivity contribution in [1.29, 1.82) is 0 Å². The van der Waals surface area contributed by atoms with Crippen LogP contribution >= 0.6 is 12.2 Å². The second-order valence-corrected chi connectivity index (χ2v) is 5.21. The van der Waals surface area contributed by atoms with Gasteiger partial charge in [-0.3, -0.25) is 4.90 Å². The maximum absolute atomic E-state index is 11.8. The van der Waals surface area contributed by atoms with Crippen molar-refractivity contribution >= 4 is 23.3 Å². The highest BCUT2D eigenvalue weighted by Crippen LogP contribution is 2.20. The average Bonchev–Trinajstić information content (AvgIpc) is 2.66. The fourth-order valence-corrected chi connectivity index (χ4v) is 1.85. The van der Waals surface area contributed by atoms with E-state index in [0.717, 1.165) is 12.8 Å². The van der Waals surface area contributed by atoms with Crippen LogP contribution in [0.15, 0.2) is 13.2 Å². The molecule has 98 valence electrons. The van der Waals surface area contributed by atoms with Crippen LogP contribution in [-0.2, 0) is 4.74 Å². The zero-order chi connectivity index (χ0) is 13.6. The number of nitrogens with zero attached hydrogens (tertiary/aromatic N) is 1. The molecule has 0 radical (unpaired) electrons. The Morgan fingerprint density at radius 2 is 2.00 bits per heavy atom. The molecule has 0 aromatic heterocycles. The standard InChI is InChI=1S/C10H18N2O2S.C2H4/c1-10(2,3)14-9(13)12-6-4-5-7(12)8(11)15;1-2/h7H,4-6H2,1-3H3,(H2,11,15);1-2H2. The van der Waals surface area contributed by atoms with Gasteiger partial charge in [0.2, 0.25) is 0 Å². The van der Waals surface area contributed by atoms with Crippen molar-refractivity contribution in [3.05, 3.63) is 13.2 Å². The quantitative estimate of drug-likeness (QED) is 0.580. The minimum atomic E-state index is -0.472. The van der Waals surface area contributed by atoms with E-state index in [2.05, 4.69) is 13.2 Å². The smallest absolute Gasteiger partial charge is 0.410 e. The molecule has 1 aliphatic rings. The molecule has 1 aliphatic heterocycles. The zero-order valence-electron chi connectivity index (χ0n) is 10.9. The number of ether oxygens (including phenoxy) is 1. The van der Waals surface area contributed by atoms with Gasteiger partial charge in [0.1, 0.15) is 5.60 Å². The molecule has 17 heavy (non-hydrogen) atoms. The summed E-state index contributed by atoms with van der Waals surface area (Å²) < 4.78 is 5.27. The minimum Gasteiger partial charge on any atom is -0.444 e. The van der Waals surface area contributed by atoms with Crippen LogP contribution in [0, 0.1) is 0 Å². The van der Waals surface area contributed by atoms with E-state index in [0.29, 0.717) is 11.5 Å². The SMILES string of the molecule is C=C.CC(C)(C)OC(=O)N1CCCC1C(N)=S. The largest absolute Gasteiger partial charge is 0.444 e. The fraction of sp³-hybridized carbons (Fsp3) is 0.667. The highest BCUT2D eigenvalue weighted by Gasteiger charge is 2.33. The average molecular weight is 258 g/mol. The molecule has 1 rings (SSSR count). The van der Waals surface area contributed by atoms with Crippen LogP contribution in [0.25, 0.3) is 0 Å².